The number of rotatable bonds is 4. The molecule has 94 valence electrons. The van der Waals surface area contributed by atoms with Gasteiger partial charge in [0.1, 0.15) is 0 Å². The van der Waals surface area contributed by atoms with Crippen molar-refractivity contribution >= 4 is 17.1 Å². The Morgan fingerprint density at radius 2 is 2.00 bits per heavy atom. The molecule has 0 saturated carbocycles. The molecule has 0 bridgehead atoms. The molecule has 2 aromatic rings. The Morgan fingerprint density at radius 3 is 2.72 bits per heavy atom. The highest BCUT2D eigenvalue weighted by atomic mass is 14.9. The monoisotopic (exact) mass is 241 g/mol. The number of aromatic nitrogens is 2. The fourth-order valence-corrected chi connectivity index (χ4v) is 1.71. The van der Waals surface area contributed by atoms with E-state index in [0.717, 1.165) is 23.3 Å². The summed E-state index contributed by atoms with van der Waals surface area (Å²) in [6.07, 6.45) is 3.90. The molecule has 1 N–H and O–H groups in total. The highest BCUT2D eigenvalue weighted by Crippen LogP contribution is 2.10. The first-order valence-corrected chi connectivity index (χ1v) is 6.27. The summed E-state index contributed by atoms with van der Waals surface area (Å²) in [6.45, 7) is 7.27. The fraction of sp³-hybridized carbons (Fsp3) is 0.333. The largest absolute Gasteiger partial charge is 0.311 e. The summed E-state index contributed by atoms with van der Waals surface area (Å²) in [5, 5.41) is 3.39. The molecule has 0 aliphatic carbocycles. The highest BCUT2D eigenvalue weighted by Gasteiger charge is 1.98. The lowest BCUT2D eigenvalue weighted by Crippen LogP contribution is -2.24. The zero-order valence-electron chi connectivity index (χ0n) is 11.1. The molecule has 0 radical (unpaired) electrons. The molecule has 0 saturated heterocycles. The van der Waals surface area contributed by atoms with Crippen LogP contribution in [0, 0.1) is 0 Å². The van der Waals surface area contributed by atoms with Crippen LogP contribution in [0.25, 0.3) is 17.1 Å². The van der Waals surface area contributed by atoms with Crippen LogP contribution >= 0.6 is 0 Å². The summed E-state index contributed by atoms with van der Waals surface area (Å²) in [5.41, 5.74) is 4.05. The van der Waals surface area contributed by atoms with E-state index in [4.69, 9.17) is 0 Å². The predicted molar refractivity (Wildman–Crippen MR) is 76.3 cm³/mol. The lowest BCUT2D eigenvalue weighted by Gasteiger charge is -2.08. The van der Waals surface area contributed by atoms with Gasteiger partial charge in [-0.25, -0.2) is 4.98 Å². The molecule has 18 heavy (non-hydrogen) atoms. The van der Waals surface area contributed by atoms with Crippen molar-refractivity contribution in [3.05, 3.63) is 41.7 Å². The lowest BCUT2D eigenvalue weighted by molar-refractivity contribution is 0.622. The molecule has 0 aliphatic heterocycles. The summed E-state index contributed by atoms with van der Waals surface area (Å²) < 4.78 is 0. The molecule has 0 fully saturated rings. The third-order valence-electron chi connectivity index (χ3n) is 2.65. The van der Waals surface area contributed by atoms with Gasteiger partial charge >= 0.3 is 0 Å². The van der Waals surface area contributed by atoms with Crippen molar-refractivity contribution < 1.29 is 0 Å². The van der Waals surface area contributed by atoms with Crippen LogP contribution in [0.2, 0.25) is 0 Å². The minimum Gasteiger partial charge on any atom is -0.311 e. The Morgan fingerprint density at radius 1 is 1.28 bits per heavy atom. The van der Waals surface area contributed by atoms with Gasteiger partial charge in [-0.2, -0.15) is 0 Å². The van der Waals surface area contributed by atoms with E-state index < -0.39 is 0 Å². The molecular weight excluding hydrogens is 222 g/mol. The predicted octanol–water partition coefficient (Wildman–Crippen LogP) is 3.03. The van der Waals surface area contributed by atoms with E-state index in [1.165, 1.54) is 5.57 Å². The second kappa shape index (κ2) is 5.74. The molecule has 0 unspecified atom stereocenters. The van der Waals surface area contributed by atoms with Crippen molar-refractivity contribution in [3.8, 4) is 0 Å². The number of benzene rings is 1. The highest BCUT2D eigenvalue weighted by molar-refractivity contribution is 5.74. The van der Waals surface area contributed by atoms with Gasteiger partial charge in [0.2, 0.25) is 0 Å². The SMILES string of the molecule is CC(=Cc1cnc2ccccc2n1)CNC(C)C. The average Bonchev–Trinajstić information content (AvgIpc) is 2.36. The summed E-state index contributed by atoms with van der Waals surface area (Å²) in [4.78, 5) is 8.98. The molecule has 1 heterocycles. The molecule has 3 nitrogen and oxygen atoms in total. The van der Waals surface area contributed by atoms with E-state index in [1.807, 2.05) is 30.5 Å². The van der Waals surface area contributed by atoms with E-state index in [1.54, 1.807) is 0 Å². The van der Waals surface area contributed by atoms with Gasteiger partial charge in [0.05, 0.1) is 22.9 Å². The third-order valence-corrected chi connectivity index (χ3v) is 2.65. The Balaban J connectivity index is 2.18. The Labute approximate surface area is 108 Å². The van der Waals surface area contributed by atoms with Gasteiger partial charge in [0.15, 0.2) is 0 Å². The first kappa shape index (κ1) is 12.7. The van der Waals surface area contributed by atoms with Crippen molar-refractivity contribution in [2.75, 3.05) is 6.54 Å². The van der Waals surface area contributed by atoms with Crippen molar-refractivity contribution in [2.45, 2.75) is 26.8 Å². The van der Waals surface area contributed by atoms with Crippen LogP contribution < -0.4 is 5.32 Å². The molecule has 1 aromatic heterocycles. The minimum absolute atomic E-state index is 0.496. The number of nitrogens with one attached hydrogen (secondary N) is 1. The molecule has 2 rings (SSSR count). The summed E-state index contributed by atoms with van der Waals surface area (Å²) >= 11 is 0. The minimum atomic E-state index is 0.496. The second-order valence-corrected chi connectivity index (χ2v) is 4.81. The van der Waals surface area contributed by atoms with Crippen LogP contribution in [-0.2, 0) is 0 Å². The molecular formula is C15H19N3. The Hall–Kier alpha value is -1.74. The average molecular weight is 241 g/mol. The summed E-state index contributed by atoms with van der Waals surface area (Å²) in [5.74, 6) is 0. The molecule has 0 aliphatic rings. The molecule has 1 aromatic carbocycles. The van der Waals surface area contributed by atoms with E-state index in [-0.39, 0.29) is 0 Å². The quantitative estimate of drug-likeness (QED) is 0.894. The van der Waals surface area contributed by atoms with Crippen molar-refractivity contribution in [3.63, 3.8) is 0 Å². The maximum Gasteiger partial charge on any atom is 0.0894 e. The number of para-hydroxylation sites is 2. The molecule has 0 spiro atoms. The zero-order chi connectivity index (χ0) is 13.0. The molecule has 3 heteroatoms. The number of hydrogen-bond acceptors (Lipinski definition) is 3. The first-order valence-electron chi connectivity index (χ1n) is 6.27. The van der Waals surface area contributed by atoms with Crippen LogP contribution in [0.15, 0.2) is 36.0 Å². The second-order valence-electron chi connectivity index (χ2n) is 4.81. The smallest absolute Gasteiger partial charge is 0.0894 e. The maximum absolute atomic E-state index is 4.58. The van der Waals surface area contributed by atoms with Gasteiger partial charge in [0, 0.05) is 12.6 Å². The zero-order valence-corrected chi connectivity index (χ0v) is 11.1. The van der Waals surface area contributed by atoms with Crippen LogP contribution in [0.5, 0.6) is 0 Å². The van der Waals surface area contributed by atoms with E-state index in [0.29, 0.717) is 6.04 Å². The van der Waals surface area contributed by atoms with Gasteiger partial charge in [0.25, 0.3) is 0 Å². The van der Waals surface area contributed by atoms with Gasteiger partial charge in [-0.1, -0.05) is 31.6 Å². The van der Waals surface area contributed by atoms with Gasteiger partial charge in [-0.15, -0.1) is 0 Å². The van der Waals surface area contributed by atoms with E-state index in [2.05, 4.69) is 42.1 Å². The standard InChI is InChI=1S/C15H19N3/c1-11(2)16-9-12(3)8-13-10-17-14-6-4-5-7-15(14)18-13/h4-8,10-11,16H,9H2,1-3H3. The normalized spacial score (nSPS) is 12.3. The Bertz CT molecular complexity index is 558. The summed E-state index contributed by atoms with van der Waals surface area (Å²) in [6, 6.07) is 8.42. The van der Waals surface area contributed by atoms with E-state index >= 15 is 0 Å². The topological polar surface area (TPSA) is 37.8 Å². The van der Waals surface area contributed by atoms with Crippen LogP contribution in [0.1, 0.15) is 26.5 Å². The summed E-state index contributed by atoms with van der Waals surface area (Å²) in [7, 11) is 0. The van der Waals surface area contributed by atoms with E-state index in [9.17, 15) is 0 Å². The molecule has 0 amide bonds. The number of fused-ring (bicyclic) bond motifs is 1. The van der Waals surface area contributed by atoms with Crippen molar-refractivity contribution in [1.82, 2.24) is 15.3 Å². The van der Waals surface area contributed by atoms with Crippen LogP contribution in [0.4, 0.5) is 0 Å². The van der Waals surface area contributed by atoms with Gasteiger partial charge in [-0.05, 0) is 25.1 Å². The Kier molecular flexibility index (Phi) is 4.05. The van der Waals surface area contributed by atoms with Gasteiger partial charge in [-0.3, -0.25) is 4.98 Å². The number of hydrogen-bond donors (Lipinski definition) is 1. The van der Waals surface area contributed by atoms with Crippen molar-refractivity contribution in [2.24, 2.45) is 0 Å². The fourth-order valence-electron chi connectivity index (χ4n) is 1.71. The van der Waals surface area contributed by atoms with Crippen LogP contribution in [-0.4, -0.2) is 22.6 Å². The van der Waals surface area contributed by atoms with Crippen LogP contribution in [0.3, 0.4) is 0 Å². The lowest BCUT2D eigenvalue weighted by atomic mass is 10.2. The number of nitrogens with zero attached hydrogens (tertiary/aromatic N) is 2. The molecule has 0 atom stereocenters. The third kappa shape index (κ3) is 3.37. The maximum atomic E-state index is 4.58. The first-order chi connectivity index (χ1) is 8.65. The van der Waals surface area contributed by atoms with Gasteiger partial charge < -0.3 is 5.32 Å². The van der Waals surface area contributed by atoms with Crippen molar-refractivity contribution in [1.29, 1.82) is 0 Å².